The topological polar surface area (TPSA) is 66.7 Å². The maximum absolute atomic E-state index is 9.63. The fourth-order valence-electron chi connectivity index (χ4n) is 2.34. The highest BCUT2D eigenvalue weighted by Crippen LogP contribution is 2.36. The molecule has 2 heterocycles. The molecule has 0 fully saturated rings. The highest BCUT2D eigenvalue weighted by atomic mass is 35.5. The summed E-state index contributed by atoms with van der Waals surface area (Å²) in [4.78, 5) is 4.58. The SMILES string of the molecule is CCc1nn(C)c2[n+]1N=C(C)C2=Nc1cc(Cl)c(O)c(Cl)c1. The molecule has 0 amide bonds. The lowest BCUT2D eigenvalue weighted by atomic mass is 10.2. The molecule has 114 valence electrons. The number of aryl methyl sites for hydroxylation is 2. The zero-order valence-corrected chi connectivity index (χ0v) is 13.8. The Morgan fingerprint density at radius 2 is 1.95 bits per heavy atom. The van der Waals surface area contributed by atoms with Gasteiger partial charge in [-0.1, -0.05) is 34.8 Å². The van der Waals surface area contributed by atoms with E-state index in [9.17, 15) is 5.11 Å². The van der Waals surface area contributed by atoms with E-state index in [1.54, 1.807) is 21.5 Å². The summed E-state index contributed by atoms with van der Waals surface area (Å²) in [6.07, 6.45) is 0.773. The molecule has 1 aromatic heterocycles. The van der Waals surface area contributed by atoms with E-state index in [0.29, 0.717) is 11.4 Å². The largest absolute Gasteiger partial charge is 0.505 e. The van der Waals surface area contributed by atoms with Gasteiger partial charge in [0.25, 0.3) is 0 Å². The summed E-state index contributed by atoms with van der Waals surface area (Å²) < 4.78 is 3.54. The molecule has 1 aromatic carbocycles. The second-order valence-corrected chi connectivity index (χ2v) is 5.75. The maximum atomic E-state index is 9.63. The molecule has 0 radical (unpaired) electrons. The first-order valence-electron chi connectivity index (χ1n) is 6.73. The van der Waals surface area contributed by atoms with Gasteiger partial charge in [0, 0.05) is 11.5 Å². The zero-order chi connectivity index (χ0) is 16.0. The van der Waals surface area contributed by atoms with Gasteiger partial charge in [0.2, 0.25) is 0 Å². The van der Waals surface area contributed by atoms with Crippen molar-refractivity contribution in [3.63, 3.8) is 0 Å². The van der Waals surface area contributed by atoms with Crippen molar-refractivity contribution in [2.24, 2.45) is 17.1 Å². The van der Waals surface area contributed by atoms with Crippen LogP contribution < -0.4 is 4.68 Å². The monoisotopic (exact) mass is 338 g/mol. The van der Waals surface area contributed by atoms with Crippen LogP contribution in [0, 0.1) is 0 Å². The average molecular weight is 339 g/mol. The van der Waals surface area contributed by atoms with Crippen LogP contribution in [0.1, 0.15) is 25.5 Å². The number of rotatable bonds is 2. The average Bonchev–Trinajstić information content (AvgIpc) is 2.94. The van der Waals surface area contributed by atoms with Crippen LogP contribution in [0.3, 0.4) is 0 Å². The molecule has 0 atom stereocenters. The second-order valence-electron chi connectivity index (χ2n) is 4.93. The molecule has 2 aromatic rings. The van der Waals surface area contributed by atoms with E-state index in [2.05, 4.69) is 15.2 Å². The predicted molar refractivity (Wildman–Crippen MR) is 85.6 cm³/mol. The quantitative estimate of drug-likeness (QED) is 0.855. The third kappa shape index (κ3) is 2.28. The molecule has 22 heavy (non-hydrogen) atoms. The van der Waals surface area contributed by atoms with Crippen LogP contribution in [0.2, 0.25) is 10.0 Å². The van der Waals surface area contributed by atoms with Gasteiger partial charge in [0.05, 0.1) is 22.8 Å². The Bertz CT molecular complexity index is 815. The van der Waals surface area contributed by atoms with Crippen molar-refractivity contribution in [2.75, 3.05) is 0 Å². The number of hydrogen-bond donors (Lipinski definition) is 1. The molecular weight excluding hydrogens is 325 g/mol. The van der Waals surface area contributed by atoms with Crippen LogP contribution in [0.5, 0.6) is 5.75 Å². The summed E-state index contributed by atoms with van der Waals surface area (Å²) in [7, 11) is 1.85. The minimum Gasteiger partial charge on any atom is -0.505 e. The van der Waals surface area contributed by atoms with E-state index in [1.807, 2.05) is 20.9 Å². The molecule has 6 nitrogen and oxygen atoms in total. The Morgan fingerprint density at radius 3 is 2.55 bits per heavy atom. The van der Waals surface area contributed by atoms with Gasteiger partial charge >= 0.3 is 11.6 Å². The minimum absolute atomic E-state index is 0.145. The van der Waals surface area contributed by atoms with E-state index < -0.39 is 0 Å². The van der Waals surface area contributed by atoms with E-state index in [-0.39, 0.29) is 15.8 Å². The van der Waals surface area contributed by atoms with Gasteiger partial charge in [0.15, 0.2) is 11.5 Å². The summed E-state index contributed by atoms with van der Waals surface area (Å²) in [5.74, 6) is 1.52. The molecule has 1 aliphatic heterocycles. The molecule has 3 rings (SSSR count). The predicted octanol–water partition coefficient (Wildman–Crippen LogP) is 2.64. The summed E-state index contributed by atoms with van der Waals surface area (Å²) >= 11 is 11.9. The van der Waals surface area contributed by atoms with Gasteiger partial charge in [-0.15, -0.1) is 9.78 Å². The van der Waals surface area contributed by atoms with Gasteiger partial charge in [-0.2, -0.15) is 0 Å². The fourth-order valence-corrected chi connectivity index (χ4v) is 2.81. The molecule has 1 aliphatic rings. The van der Waals surface area contributed by atoms with Crippen LogP contribution in [0.25, 0.3) is 0 Å². The molecule has 0 bridgehead atoms. The number of halogens is 2. The number of aromatic hydroxyl groups is 1. The van der Waals surface area contributed by atoms with Crippen LogP contribution in [-0.4, -0.2) is 26.3 Å². The lowest BCUT2D eigenvalue weighted by molar-refractivity contribution is -0.684. The number of hydrogen-bond acceptors (Lipinski definition) is 4. The molecule has 0 unspecified atom stereocenters. The first-order valence-corrected chi connectivity index (χ1v) is 7.49. The van der Waals surface area contributed by atoms with E-state index >= 15 is 0 Å². The number of nitrogens with zero attached hydrogens (tertiary/aromatic N) is 5. The van der Waals surface area contributed by atoms with Gasteiger partial charge in [-0.3, -0.25) is 0 Å². The van der Waals surface area contributed by atoms with Crippen molar-refractivity contribution in [1.82, 2.24) is 9.78 Å². The van der Waals surface area contributed by atoms with E-state index in [0.717, 1.165) is 23.8 Å². The molecule has 0 aliphatic carbocycles. The lowest BCUT2D eigenvalue weighted by Crippen LogP contribution is -2.32. The van der Waals surface area contributed by atoms with Crippen LogP contribution >= 0.6 is 23.2 Å². The van der Waals surface area contributed by atoms with Crippen LogP contribution in [-0.2, 0) is 13.5 Å². The van der Waals surface area contributed by atoms with Gasteiger partial charge < -0.3 is 5.11 Å². The molecule has 0 saturated heterocycles. The van der Waals surface area contributed by atoms with Crippen molar-refractivity contribution in [3.8, 4) is 5.75 Å². The highest BCUT2D eigenvalue weighted by Gasteiger charge is 2.34. The fraction of sp³-hybridized carbons (Fsp3) is 0.286. The van der Waals surface area contributed by atoms with Crippen LogP contribution in [0.4, 0.5) is 5.69 Å². The van der Waals surface area contributed by atoms with Crippen molar-refractivity contribution in [3.05, 3.63) is 33.8 Å². The number of phenolic OH excluding ortho intramolecular Hbond substituents is 1. The number of aliphatic imine (C=N–C) groups is 1. The smallest absolute Gasteiger partial charge is 0.312 e. The molecule has 8 heteroatoms. The maximum Gasteiger partial charge on any atom is 0.312 e. The Kier molecular flexibility index (Phi) is 3.66. The molecule has 0 saturated carbocycles. The van der Waals surface area contributed by atoms with Crippen molar-refractivity contribution in [2.45, 2.75) is 20.3 Å². The third-order valence-corrected chi connectivity index (χ3v) is 3.96. The van der Waals surface area contributed by atoms with Gasteiger partial charge in [0.1, 0.15) is 5.71 Å². The van der Waals surface area contributed by atoms with Crippen molar-refractivity contribution < 1.29 is 9.78 Å². The summed E-state index contributed by atoms with van der Waals surface area (Å²) in [6, 6.07) is 3.12. The van der Waals surface area contributed by atoms with Crippen LogP contribution in [0.15, 0.2) is 22.2 Å². The first kappa shape index (κ1) is 15.0. The van der Waals surface area contributed by atoms with Crippen molar-refractivity contribution >= 4 is 40.3 Å². The third-order valence-electron chi connectivity index (χ3n) is 3.38. The zero-order valence-electron chi connectivity index (χ0n) is 12.3. The standard InChI is InChI=1S/C14H13Cl2N5O/c1-4-11-19-20(3)14-12(7(2)18-21(11)14)17-8-5-9(15)13(22)10(16)6-8/h5-6H,4H2,1-3H3/p+1. The summed E-state index contributed by atoms with van der Waals surface area (Å²) in [5.41, 5.74) is 2.03. The lowest BCUT2D eigenvalue weighted by Gasteiger charge is -2.02. The second kappa shape index (κ2) is 5.37. The molecule has 1 N–H and O–H groups in total. The number of phenols is 1. The summed E-state index contributed by atoms with van der Waals surface area (Å²) in [6.45, 7) is 3.91. The Hall–Kier alpha value is -1.92. The van der Waals surface area contributed by atoms with Crippen molar-refractivity contribution in [1.29, 1.82) is 0 Å². The minimum atomic E-state index is -0.145. The number of aromatic nitrogens is 3. The summed E-state index contributed by atoms with van der Waals surface area (Å²) in [5, 5.41) is 18.9. The normalized spacial score (nSPS) is 15.3. The molecule has 0 spiro atoms. The number of fused-ring (bicyclic) bond motifs is 1. The van der Waals surface area contributed by atoms with Gasteiger partial charge in [-0.25, -0.2) is 4.99 Å². The highest BCUT2D eigenvalue weighted by molar-refractivity contribution is 6.47. The Balaban J connectivity index is 2.15. The first-order chi connectivity index (χ1) is 10.4. The molecular formula is C14H14Cl2N5O+. The number of benzene rings is 1. The van der Waals surface area contributed by atoms with E-state index in [1.165, 1.54) is 0 Å². The van der Waals surface area contributed by atoms with Gasteiger partial charge in [-0.05, 0) is 19.1 Å². The Labute approximate surface area is 137 Å². The Morgan fingerprint density at radius 1 is 1.32 bits per heavy atom. The van der Waals surface area contributed by atoms with E-state index in [4.69, 9.17) is 23.2 Å².